The first kappa shape index (κ1) is 31.3. The number of methoxy groups -OCH3 is 2. The van der Waals surface area contributed by atoms with Crippen LogP contribution in [-0.2, 0) is 17.8 Å². The molecule has 3 aromatic heterocycles. The summed E-state index contributed by atoms with van der Waals surface area (Å²) in [7, 11) is 6.91. The van der Waals surface area contributed by atoms with Crippen molar-refractivity contribution >= 4 is 40.2 Å². The molecule has 5 rings (SSSR count). The van der Waals surface area contributed by atoms with Crippen molar-refractivity contribution in [1.29, 1.82) is 0 Å². The van der Waals surface area contributed by atoms with Crippen LogP contribution in [0, 0.1) is 0 Å². The van der Waals surface area contributed by atoms with Crippen LogP contribution in [0.15, 0.2) is 84.2 Å². The second-order valence-corrected chi connectivity index (χ2v) is 10.8. The molecular weight excluding hydrogens is 594 g/mol. The van der Waals surface area contributed by atoms with Gasteiger partial charge in [0.25, 0.3) is 5.56 Å². The first-order valence-corrected chi connectivity index (χ1v) is 14.4. The summed E-state index contributed by atoms with van der Waals surface area (Å²) < 4.78 is 12.5. The number of carbonyl (C=O) groups excluding carboxylic acids is 1. The van der Waals surface area contributed by atoms with E-state index in [-0.39, 0.29) is 35.3 Å². The molecule has 0 fully saturated rings. The van der Waals surface area contributed by atoms with Crippen LogP contribution in [0.4, 0.5) is 11.8 Å². The zero-order valence-corrected chi connectivity index (χ0v) is 26.1. The van der Waals surface area contributed by atoms with Gasteiger partial charge in [0.2, 0.25) is 5.95 Å². The van der Waals surface area contributed by atoms with Gasteiger partial charge in [-0.15, -0.1) is 0 Å². The summed E-state index contributed by atoms with van der Waals surface area (Å²) in [6.07, 6.45) is 8.32. The molecule has 0 saturated carbocycles. The van der Waals surface area contributed by atoms with E-state index in [1.807, 2.05) is 49.3 Å². The van der Waals surface area contributed by atoms with Gasteiger partial charge < -0.3 is 19.7 Å². The van der Waals surface area contributed by atoms with Crippen molar-refractivity contribution in [3.05, 3.63) is 106 Å². The Morgan fingerprint density at radius 3 is 2.60 bits per heavy atom. The Morgan fingerprint density at radius 1 is 1.04 bits per heavy atom. The quantitative estimate of drug-likeness (QED) is 0.191. The van der Waals surface area contributed by atoms with E-state index in [1.165, 1.54) is 20.5 Å². The van der Waals surface area contributed by atoms with Gasteiger partial charge in [0.15, 0.2) is 5.78 Å². The van der Waals surface area contributed by atoms with Gasteiger partial charge in [0.1, 0.15) is 29.3 Å². The van der Waals surface area contributed by atoms with E-state index < -0.39 is 0 Å². The number of ether oxygens (including phenoxy) is 2. The lowest BCUT2D eigenvalue weighted by molar-refractivity contribution is -0.114. The molecule has 0 bridgehead atoms. The van der Waals surface area contributed by atoms with Crippen LogP contribution in [0.2, 0.25) is 5.02 Å². The maximum atomic E-state index is 14.3. The molecule has 0 aliphatic heterocycles. The molecule has 12 heteroatoms. The number of benzene rings is 2. The Kier molecular flexibility index (Phi) is 9.81. The van der Waals surface area contributed by atoms with Crippen LogP contribution in [0.5, 0.6) is 11.5 Å². The van der Waals surface area contributed by atoms with E-state index in [1.54, 1.807) is 47.3 Å². The number of hydrogen-bond donors (Lipinski definition) is 1. The number of likely N-dealkylation sites (N-methyl/N-ethyl adjacent to an activating group) is 1. The highest BCUT2D eigenvalue weighted by Gasteiger charge is 2.19. The Labute approximate surface area is 265 Å². The van der Waals surface area contributed by atoms with Crippen LogP contribution in [0.1, 0.15) is 11.1 Å². The highest BCUT2D eigenvalue weighted by molar-refractivity contribution is 6.35. The van der Waals surface area contributed by atoms with Crippen molar-refractivity contribution in [1.82, 2.24) is 29.4 Å². The summed E-state index contributed by atoms with van der Waals surface area (Å²) in [5.41, 5.74) is 2.48. The molecule has 0 aliphatic carbocycles. The molecule has 230 valence electrons. The zero-order valence-electron chi connectivity index (χ0n) is 25.3. The minimum atomic E-state index is -0.334. The maximum absolute atomic E-state index is 14.3. The first-order chi connectivity index (χ1) is 21.7. The fraction of sp³-hybridized carbons (Fsp3) is 0.212. The SMILES string of the molecule is COc1cc(OC)c(Cl)c(-c2cc3cnc(Nc4ccncn4)nc3n(Cc3cccc(CC(=O)/C=C/CN(C)C)c3)c2=O)c1. The first-order valence-electron chi connectivity index (χ1n) is 14.0. The summed E-state index contributed by atoms with van der Waals surface area (Å²) >= 11 is 6.72. The molecule has 45 heavy (non-hydrogen) atoms. The van der Waals surface area contributed by atoms with Crippen LogP contribution >= 0.6 is 11.6 Å². The lowest BCUT2D eigenvalue weighted by Gasteiger charge is -2.16. The van der Waals surface area contributed by atoms with Gasteiger partial charge in [0.05, 0.1) is 25.8 Å². The number of ketones is 1. The molecule has 0 amide bonds. The number of nitrogens with one attached hydrogen (secondary N) is 1. The summed E-state index contributed by atoms with van der Waals surface area (Å²) in [5.74, 6) is 1.60. The second-order valence-electron chi connectivity index (χ2n) is 10.5. The molecule has 3 heterocycles. The molecule has 0 radical (unpaired) electrons. The van der Waals surface area contributed by atoms with E-state index >= 15 is 0 Å². The predicted octanol–water partition coefficient (Wildman–Crippen LogP) is 4.94. The van der Waals surface area contributed by atoms with E-state index in [2.05, 4.69) is 20.3 Å². The maximum Gasteiger partial charge on any atom is 0.260 e. The summed E-state index contributed by atoms with van der Waals surface area (Å²) in [4.78, 5) is 46.1. The Morgan fingerprint density at radius 2 is 1.87 bits per heavy atom. The van der Waals surface area contributed by atoms with Gasteiger partial charge in [-0.25, -0.2) is 15.0 Å². The molecule has 1 N–H and O–H groups in total. The van der Waals surface area contributed by atoms with E-state index in [0.29, 0.717) is 46.0 Å². The van der Waals surface area contributed by atoms with Crippen molar-refractivity contribution in [3.63, 3.8) is 0 Å². The van der Waals surface area contributed by atoms with Gasteiger partial charge in [0, 0.05) is 47.9 Å². The standard InChI is InChI=1S/C33H32ClN7O4/c1-40(2)12-6-9-24(42)14-21-7-5-8-22(13-21)19-41-31-23(18-36-33(39-31)38-29-10-11-35-20-37-29)15-27(32(41)43)26-16-25(44-3)17-28(45-4)30(26)34/h5-11,13,15-18,20H,12,14,19H2,1-4H3,(H,35,36,37,38,39)/b9-6+. The third-order valence-electron chi connectivity index (χ3n) is 6.89. The molecule has 5 aromatic rings. The van der Waals surface area contributed by atoms with Crippen molar-refractivity contribution < 1.29 is 14.3 Å². The smallest absolute Gasteiger partial charge is 0.260 e. The second kappa shape index (κ2) is 14.1. The zero-order chi connectivity index (χ0) is 31.9. The van der Waals surface area contributed by atoms with Gasteiger partial charge >= 0.3 is 0 Å². The number of halogens is 1. The van der Waals surface area contributed by atoms with Crippen molar-refractivity contribution in [2.45, 2.75) is 13.0 Å². The molecule has 11 nitrogen and oxygen atoms in total. The lowest BCUT2D eigenvalue weighted by atomic mass is 10.0. The monoisotopic (exact) mass is 625 g/mol. The fourth-order valence-corrected chi connectivity index (χ4v) is 5.04. The highest BCUT2D eigenvalue weighted by Crippen LogP contribution is 2.38. The molecular formula is C33H32ClN7O4. The fourth-order valence-electron chi connectivity index (χ4n) is 4.75. The molecule has 2 aromatic carbocycles. The number of nitrogens with zero attached hydrogens (tertiary/aromatic N) is 6. The van der Waals surface area contributed by atoms with Crippen LogP contribution < -0.4 is 20.3 Å². The van der Waals surface area contributed by atoms with Crippen LogP contribution in [0.25, 0.3) is 22.2 Å². The van der Waals surface area contributed by atoms with Gasteiger partial charge in [-0.05, 0) is 49.5 Å². The van der Waals surface area contributed by atoms with E-state index in [4.69, 9.17) is 26.1 Å². The van der Waals surface area contributed by atoms with Crippen molar-refractivity contribution in [2.75, 3.05) is 40.2 Å². The normalized spacial score (nSPS) is 11.3. The molecule has 0 saturated heterocycles. The Balaban J connectivity index is 1.60. The van der Waals surface area contributed by atoms with Gasteiger partial charge in [-0.2, -0.15) is 4.98 Å². The summed E-state index contributed by atoms with van der Waals surface area (Å²) in [5, 5.41) is 3.93. The number of carbonyl (C=O) groups is 1. The lowest BCUT2D eigenvalue weighted by Crippen LogP contribution is -2.24. The van der Waals surface area contributed by atoms with Gasteiger partial charge in [-0.1, -0.05) is 41.9 Å². The topological polar surface area (TPSA) is 124 Å². The molecule has 0 aliphatic rings. The molecule has 0 spiro atoms. The molecule has 0 unspecified atom stereocenters. The number of anilines is 2. The van der Waals surface area contributed by atoms with Crippen molar-refractivity contribution in [3.8, 4) is 22.6 Å². The average Bonchev–Trinajstić information content (AvgIpc) is 3.03. The van der Waals surface area contributed by atoms with E-state index in [0.717, 1.165) is 11.1 Å². The summed E-state index contributed by atoms with van der Waals surface area (Å²) in [6, 6.07) is 14.3. The average molecular weight is 626 g/mol. The minimum Gasteiger partial charge on any atom is -0.497 e. The largest absolute Gasteiger partial charge is 0.497 e. The highest BCUT2D eigenvalue weighted by atomic mass is 35.5. The Bertz CT molecular complexity index is 1930. The Hall–Kier alpha value is -5.13. The predicted molar refractivity (Wildman–Crippen MR) is 175 cm³/mol. The van der Waals surface area contributed by atoms with Gasteiger partial charge in [-0.3, -0.25) is 14.2 Å². The third kappa shape index (κ3) is 7.51. The molecule has 0 atom stereocenters. The van der Waals surface area contributed by atoms with Crippen LogP contribution in [0.3, 0.4) is 0 Å². The number of fused-ring (bicyclic) bond motifs is 1. The number of hydrogen-bond acceptors (Lipinski definition) is 10. The summed E-state index contributed by atoms with van der Waals surface area (Å²) in [6.45, 7) is 0.849. The van der Waals surface area contributed by atoms with E-state index in [9.17, 15) is 9.59 Å². The number of pyridine rings is 1. The van der Waals surface area contributed by atoms with Crippen molar-refractivity contribution in [2.24, 2.45) is 0 Å². The number of rotatable bonds is 12. The number of allylic oxidation sites excluding steroid dienone is 1. The minimum absolute atomic E-state index is 0.00610. The third-order valence-corrected chi connectivity index (χ3v) is 7.28. The van der Waals surface area contributed by atoms with Crippen LogP contribution in [-0.4, -0.2) is 70.0 Å². The number of aromatic nitrogens is 5.